The fourth-order valence-electron chi connectivity index (χ4n) is 3.35. The van der Waals surface area contributed by atoms with Crippen LogP contribution >= 0.6 is 15.9 Å². The van der Waals surface area contributed by atoms with Crippen LogP contribution < -0.4 is 4.74 Å². The second-order valence-corrected chi connectivity index (χ2v) is 7.35. The highest BCUT2D eigenvalue weighted by Crippen LogP contribution is 2.44. The van der Waals surface area contributed by atoms with Crippen LogP contribution in [0.15, 0.2) is 34.8 Å². The lowest BCUT2D eigenvalue weighted by Crippen LogP contribution is -2.32. The van der Waals surface area contributed by atoms with E-state index in [1.54, 1.807) is 12.1 Å². The van der Waals surface area contributed by atoms with Crippen LogP contribution in [0.5, 0.6) is 5.75 Å². The Morgan fingerprint density at radius 3 is 2.08 bits per heavy atom. The third kappa shape index (κ3) is 4.10. The highest BCUT2D eigenvalue weighted by atomic mass is 79.9. The van der Waals surface area contributed by atoms with Gasteiger partial charge in [-0.2, -0.15) is 26.3 Å². The molecule has 1 saturated carbocycles. The van der Waals surface area contributed by atoms with Gasteiger partial charge in [-0.1, -0.05) is 28.1 Å². The Labute approximate surface area is 154 Å². The molecule has 0 bridgehead atoms. The van der Waals surface area contributed by atoms with Crippen molar-refractivity contribution in [1.29, 1.82) is 0 Å². The van der Waals surface area contributed by atoms with Crippen molar-refractivity contribution < 1.29 is 31.1 Å². The van der Waals surface area contributed by atoms with Gasteiger partial charge in [-0.05, 0) is 54.7 Å². The van der Waals surface area contributed by atoms with Gasteiger partial charge in [0.2, 0.25) is 0 Å². The Bertz CT molecular complexity index is 791. The second-order valence-electron chi connectivity index (χ2n) is 6.44. The highest BCUT2D eigenvalue weighted by molar-refractivity contribution is 9.10. The standard InChI is InChI=1S/C18H15BrF6O/c19-12-5-1-10-2-8-15(16(14(10)9-12)18(23,24)25)26-13-6-3-11(4-7-13)17(20,21)22/h1-2,5,8-9,11,13H,3-4,6-7H2. The third-order valence-electron chi connectivity index (χ3n) is 4.66. The molecule has 26 heavy (non-hydrogen) atoms. The van der Waals surface area contributed by atoms with E-state index in [1.807, 2.05) is 0 Å². The van der Waals surface area contributed by atoms with Crippen LogP contribution in [0.3, 0.4) is 0 Å². The van der Waals surface area contributed by atoms with E-state index in [0.29, 0.717) is 9.86 Å². The molecule has 8 heteroatoms. The Balaban J connectivity index is 1.89. The maximum atomic E-state index is 13.6. The van der Waals surface area contributed by atoms with E-state index in [2.05, 4.69) is 15.9 Å². The van der Waals surface area contributed by atoms with Gasteiger partial charge < -0.3 is 4.74 Å². The van der Waals surface area contributed by atoms with Gasteiger partial charge in [-0.3, -0.25) is 0 Å². The van der Waals surface area contributed by atoms with E-state index in [0.717, 1.165) is 0 Å². The van der Waals surface area contributed by atoms with Crippen LogP contribution in [0.2, 0.25) is 0 Å². The van der Waals surface area contributed by atoms with Crippen molar-refractivity contribution in [2.24, 2.45) is 5.92 Å². The van der Waals surface area contributed by atoms with E-state index in [1.165, 1.54) is 18.2 Å². The van der Waals surface area contributed by atoms with Crippen molar-refractivity contribution in [1.82, 2.24) is 0 Å². The predicted octanol–water partition coefficient (Wildman–Crippen LogP) is 7.12. The van der Waals surface area contributed by atoms with Crippen molar-refractivity contribution in [2.75, 3.05) is 0 Å². The molecule has 1 nitrogen and oxygen atoms in total. The predicted molar refractivity (Wildman–Crippen MR) is 89.1 cm³/mol. The van der Waals surface area contributed by atoms with Gasteiger partial charge in [-0.15, -0.1) is 0 Å². The van der Waals surface area contributed by atoms with Gasteiger partial charge in [0.05, 0.1) is 12.0 Å². The number of alkyl halides is 6. The smallest absolute Gasteiger partial charge is 0.420 e. The molecule has 0 heterocycles. The van der Waals surface area contributed by atoms with Crippen molar-refractivity contribution in [3.63, 3.8) is 0 Å². The minimum atomic E-state index is -4.64. The Morgan fingerprint density at radius 2 is 1.50 bits per heavy atom. The minimum absolute atomic E-state index is 0.00616. The SMILES string of the molecule is FC(F)(F)c1c(OC2CCC(C(F)(F)F)CC2)ccc2ccc(Br)cc12. The summed E-state index contributed by atoms with van der Waals surface area (Å²) in [4.78, 5) is 0. The van der Waals surface area contributed by atoms with Gasteiger partial charge in [0, 0.05) is 4.47 Å². The number of ether oxygens (including phenoxy) is 1. The van der Waals surface area contributed by atoms with Crippen LogP contribution in [0, 0.1) is 5.92 Å². The summed E-state index contributed by atoms with van der Waals surface area (Å²) in [5, 5.41) is 0.405. The van der Waals surface area contributed by atoms with Gasteiger partial charge >= 0.3 is 12.4 Å². The quantitative estimate of drug-likeness (QED) is 0.451. The molecule has 1 aliphatic rings. The summed E-state index contributed by atoms with van der Waals surface area (Å²) in [6.07, 6.45) is -9.66. The summed E-state index contributed by atoms with van der Waals surface area (Å²) < 4.78 is 85.1. The Hall–Kier alpha value is -1.44. The Morgan fingerprint density at radius 1 is 0.885 bits per heavy atom. The van der Waals surface area contributed by atoms with Gasteiger partial charge in [0.25, 0.3) is 0 Å². The molecule has 0 radical (unpaired) electrons. The second kappa shape index (κ2) is 6.94. The van der Waals surface area contributed by atoms with E-state index < -0.39 is 29.9 Å². The average molecular weight is 441 g/mol. The van der Waals surface area contributed by atoms with Gasteiger partial charge in [0.1, 0.15) is 11.3 Å². The number of fused-ring (bicyclic) bond motifs is 1. The molecule has 0 saturated heterocycles. The maximum Gasteiger partial charge on any atom is 0.420 e. The topological polar surface area (TPSA) is 9.23 Å². The monoisotopic (exact) mass is 440 g/mol. The minimum Gasteiger partial charge on any atom is -0.490 e. The van der Waals surface area contributed by atoms with Crippen LogP contribution in [0.25, 0.3) is 10.8 Å². The Kier molecular flexibility index (Phi) is 5.16. The first-order valence-corrected chi connectivity index (χ1v) is 8.88. The van der Waals surface area contributed by atoms with E-state index >= 15 is 0 Å². The van der Waals surface area contributed by atoms with Crippen LogP contribution in [-0.4, -0.2) is 12.3 Å². The van der Waals surface area contributed by atoms with Crippen LogP contribution in [0.1, 0.15) is 31.2 Å². The van der Waals surface area contributed by atoms with Crippen molar-refractivity contribution >= 4 is 26.7 Å². The lowest BCUT2D eigenvalue weighted by Gasteiger charge is -2.31. The number of hydrogen-bond acceptors (Lipinski definition) is 1. The number of benzene rings is 2. The first kappa shape index (κ1) is 19.3. The molecule has 1 aliphatic carbocycles. The molecule has 0 N–H and O–H groups in total. The molecule has 142 valence electrons. The number of rotatable bonds is 2. The number of hydrogen-bond donors (Lipinski definition) is 0. The lowest BCUT2D eigenvalue weighted by atomic mass is 9.87. The first-order valence-electron chi connectivity index (χ1n) is 8.08. The zero-order valence-corrected chi connectivity index (χ0v) is 15.0. The summed E-state index contributed by atoms with van der Waals surface area (Å²) in [5.74, 6) is -1.74. The van der Waals surface area contributed by atoms with E-state index in [-0.39, 0.29) is 36.8 Å². The molecular formula is C18H15BrF6O. The molecule has 2 aromatic carbocycles. The average Bonchev–Trinajstić information content (AvgIpc) is 2.53. The summed E-state index contributed by atoms with van der Waals surface area (Å²) in [6, 6.07) is 7.34. The zero-order valence-electron chi connectivity index (χ0n) is 13.4. The normalized spacial score (nSPS) is 21.8. The fourth-order valence-corrected chi connectivity index (χ4v) is 3.71. The molecule has 0 aromatic heterocycles. The van der Waals surface area contributed by atoms with Gasteiger partial charge in [-0.25, -0.2) is 0 Å². The van der Waals surface area contributed by atoms with E-state index in [9.17, 15) is 26.3 Å². The zero-order chi connectivity index (χ0) is 19.1. The molecule has 0 aliphatic heterocycles. The molecule has 2 aromatic rings. The molecule has 0 spiro atoms. The maximum absolute atomic E-state index is 13.6. The first-order chi connectivity index (χ1) is 12.1. The van der Waals surface area contributed by atoms with Gasteiger partial charge in [0.15, 0.2) is 0 Å². The summed E-state index contributed by atoms with van der Waals surface area (Å²) in [6.45, 7) is 0. The molecule has 0 amide bonds. The van der Waals surface area contributed by atoms with Crippen molar-refractivity contribution in [3.05, 3.63) is 40.4 Å². The molecular weight excluding hydrogens is 426 g/mol. The van der Waals surface area contributed by atoms with Crippen LogP contribution in [0.4, 0.5) is 26.3 Å². The molecule has 0 atom stereocenters. The molecule has 1 fully saturated rings. The van der Waals surface area contributed by atoms with Crippen LogP contribution in [-0.2, 0) is 6.18 Å². The summed E-state index contributed by atoms with van der Waals surface area (Å²) in [5.41, 5.74) is -0.894. The lowest BCUT2D eigenvalue weighted by molar-refractivity contribution is -0.185. The third-order valence-corrected chi connectivity index (χ3v) is 5.15. The molecule has 3 rings (SSSR count). The summed E-state index contributed by atoms with van der Waals surface area (Å²) in [7, 11) is 0. The van der Waals surface area contributed by atoms with Crippen molar-refractivity contribution in [3.8, 4) is 5.75 Å². The van der Waals surface area contributed by atoms with E-state index in [4.69, 9.17) is 4.74 Å². The molecule has 0 unspecified atom stereocenters. The highest BCUT2D eigenvalue weighted by Gasteiger charge is 2.42. The fraction of sp³-hybridized carbons (Fsp3) is 0.444. The summed E-state index contributed by atoms with van der Waals surface area (Å²) >= 11 is 3.17. The van der Waals surface area contributed by atoms with Crippen molar-refractivity contribution in [2.45, 2.75) is 44.1 Å². The largest absolute Gasteiger partial charge is 0.490 e. The number of halogens is 7.